The van der Waals surface area contributed by atoms with Crippen LogP contribution in [0.2, 0.25) is 0 Å². The van der Waals surface area contributed by atoms with E-state index in [1.165, 1.54) is 0 Å². The molecule has 98 valence electrons. The first kappa shape index (κ1) is 13.3. The molecule has 0 aliphatic carbocycles. The lowest BCUT2D eigenvalue weighted by molar-refractivity contribution is -0.140. The summed E-state index contributed by atoms with van der Waals surface area (Å²) in [6.45, 7) is 0.410. The molecule has 2 rings (SSSR count). The predicted octanol–water partition coefficient (Wildman–Crippen LogP) is 3.42. The van der Waals surface area contributed by atoms with Gasteiger partial charge in [0, 0.05) is 0 Å². The van der Waals surface area contributed by atoms with Crippen LogP contribution < -0.4 is 0 Å². The van der Waals surface area contributed by atoms with Crippen LogP contribution in [0.25, 0.3) is 0 Å². The zero-order valence-electron chi connectivity index (χ0n) is 10.5. The van der Waals surface area contributed by atoms with Gasteiger partial charge in [-0.25, -0.2) is 0 Å². The van der Waals surface area contributed by atoms with Gasteiger partial charge in [0.25, 0.3) is 0 Å². The number of carboxylic acids is 1. The van der Waals surface area contributed by atoms with Crippen molar-refractivity contribution in [2.75, 3.05) is 0 Å². The monoisotopic (exact) mass is 256 g/mol. The average molecular weight is 256 g/mol. The summed E-state index contributed by atoms with van der Waals surface area (Å²) in [5, 5.41) is 8.96. The average Bonchev–Trinajstić information content (AvgIpc) is 2.45. The van der Waals surface area contributed by atoms with E-state index < -0.39 is 12.1 Å². The molecule has 1 unspecified atom stereocenters. The van der Waals surface area contributed by atoms with Gasteiger partial charge in [0.15, 0.2) is 0 Å². The highest BCUT2D eigenvalue weighted by molar-refractivity contribution is 5.67. The molecule has 0 saturated carbocycles. The molecule has 1 N–H and O–H groups in total. The summed E-state index contributed by atoms with van der Waals surface area (Å²) in [7, 11) is 0. The summed E-state index contributed by atoms with van der Waals surface area (Å²) in [6.07, 6.45) is -0.449. The molecule has 0 bridgehead atoms. The lowest BCUT2D eigenvalue weighted by Crippen LogP contribution is -2.10. The summed E-state index contributed by atoms with van der Waals surface area (Å²) in [5.74, 6) is -0.859. The summed E-state index contributed by atoms with van der Waals surface area (Å²) in [6, 6.07) is 19.2. The van der Waals surface area contributed by atoms with Gasteiger partial charge in [-0.3, -0.25) is 4.79 Å². The van der Waals surface area contributed by atoms with E-state index in [1.54, 1.807) is 0 Å². The van der Waals surface area contributed by atoms with E-state index >= 15 is 0 Å². The number of carboxylic acid groups (broad SMARTS) is 1. The molecule has 2 aromatic carbocycles. The molecule has 0 fully saturated rings. The standard InChI is InChI=1S/C16H16O3/c17-16(18)11-15(14-9-5-2-6-10-14)19-12-13-7-3-1-4-8-13/h1-10,15H,11-12H2,(H,17,18). The van der Waals surface area contributed by atoms with Crippen molar-refractivity contribution in [1.82, 2.24) is 0 Å². The molecule has 0 heterocycles. The summed E-state index contributed by atoms with van der Waals surface area (Å²) >= 11 is 0. The Bertz CT molecular complexity index is 508. The minimum absolute atomic E-state index is 0.0309. The number of benzene rings is 2. The lowest BCUT2D eigenvalue weighted by atomic mass is 10.1. The number of hydrogen-bond donors (Lipinski definition) is 1. The molecule has 19 heavy (non-hydrogen) atoms. The summed E-state index contributed by atoms with van der Waals surface area (Å²) < 4.78 is 5.74. The van der Waals surface area contributed by atoms with E-state index in [1.807, 2.05) is 60.7 Å². The first-order valence-corrected chi connectivity index (χ1v) is 6.18. The van der Waals surface area contributed by atoms with E-state index in [0.717, 1.165) is 11.1 Å². The molecule has 0 aliphatic rings. The maximum absolute atomic E-state index is 10.9. The Labute approximate surface area is 112 Å². The van der Waals surface area contributed by atoms with Crippen LogP contribution in [-0.2, 0) is 16.1 Å². The molecule has 0 spiro atoms. The molecule has 0 aromatic heterocycles. The second-order valence-corrected chi connectivity index (χ2v) is 4.29. The van der Waals surface area contributed by atoms with E-state index in [4.69, 9.17) is 9.84 Å². The second-order valence-electron chi connectivity index (χ2n) is 4.29. The van der Waals surface area contributed by atoms with Gasteiger partial charge in [-0.15, -0.1) is 0 Å². The van der Waals surface area contributed by atoms with E-state index in [9.17, 15) is 4.79 Å². The van der Waals surface area contributed by atoms with Crippen molar-refractivity contribution in [1.29, 1.82) is 0 Å². The third-order valence-electron chi connectivity index (χ3n) is 2.83. The minimum Gasteiger partial charge on any atom is -0.481 e. The fourth-order valence-electron chi connectivity index (χ4n) is 1.87. The Balaban J connectivity index is 2.04. The first-order chi connectivity index (χ1) is 9.25. The van der Waals surface area contributed by atoms with Crippen molar-refractivity contribution in [3.8, 4) is 0 Å². The molecule has 2 aromatic rings. The van der Waals surface area contributed by atoms with Crippen LogP contribution in [0.3, 0.4) is 0 Å². The van der Waals surface area contributed by atoms with Gasteiger partial charge in [-0.2, -0.15) is 0 Å². The molecular formula is C16H16O3. The summed E-state index contributed by atoms with van der Waals surface area (Å²) in [4.78, 5) is 10.9. The molecule has 3 heteroatoms. The van der Waals surface area contributed by atoms with Crippen molar-refractivity contribution >= 4 is 5.97 Å². The van der Waals surface area contributed by atoms with Gasteiger partial charge in [0.05, 0.1) is 19.1 Å². The van der Waals surface area contributed by atoms with Crippen LogP contribution in [0.1, 0.15) is 23.7 Å². The minimum atomic E-state index is -0.859. The van der Waals surface area contributed by atoms with Crippen LogP contribution in [-0.4, -0.2) is 11.1 Å². The van der Waals surface area contributed by atoms with Crippen LogP contribution in [0.4, 0.5) is 0 Å². The lowest BCUT2D eigenvalue weighted by Gasteiger charge is -2.16. The van der Waals surface area contributed by atoms with Crippen LogP contribution in [0, 0.1) is 0 Å². The Kier molecular flexibility index (Phi) is 4.70. The third-order valence-corrected chi connectivity index (χ3v) is 2.83. The quantitative estimate of drug-likeness (QED) is 0.861. The topological polar surface area (TPSA) is 46.5 Å². The normalized spacial score (nSPS) is 12.0. The molecule has 1 atom stereocenters. The van der Waals surface area contributed by atoms with Crippen molar-refractivity contribution < 1.29 is 14.6 Å². The maximum atomic E-state index is 10.9. The highest BCUT2D eigenvalue weighted by atomic mass is 16.5. The van der Waals surface area contributed by atoms with Crippen molar-refractivity contribution in [3.05, 3.63) is 71.8 Å². The van der Waals surface area contributed by atoms with Gasteiger partial charge in [0.1, 0.15) is 0 Å². The fourth-order valence-corrected chi connectivity index (χ4v) is 1.87. The largest absolute Gasteiger partial charge is 0.481 e. The molecular weight excluding hydrogens is 240 g/mol. The first-order valence-electron chi connectivity index (χ1n) is 6.18. The predicted molar refractivity (Wildman–Crippen MR) is 72.7 cm³/mol. The number of rotatable bonds is 6. The molecule has 0 saturated heterocycles. The fraction of sp³-hybridized carbons (Fsp3) is 0.188. The van der Waals surface area contributed by atoms with E-state index in [2.05, 4.69) is 0 Å². The van der Waals surface area contributed by atoms with Crippen LogP contribution >= 0.6 is 0 Å². The van der Waals surface area contributed by atoms with Crippen molar-refractivity contribution in [3.63, 3.8) is 0 Å². The van der Waals surface area contributed by atoms with E-state index in [-0.39, 0.29) is 6.42 Å². The van der Waals surface area contributed by atoms with Crippen LogP contribution in [0.5, 0.6) is 0 Å². The van der Waals surface area contributed by atoms with Gasteiger partial charge in [-0.05, 0) is 11.1 Å². The Morgan fingerprint density at radius 1 is 1.00 bits per heavy atom. The van der Waals surface area contributed by atoms with Crippen molar-refractivity contribution in [2.45, 2.75) is 19.1 Å². The van der Waals surface area contributed by atoms with E-state index in [0.29, 0.717) is 6.61 Å². The van der Waals surface area contributed by atoms with Gasteiger partial charge < -0.3 is 9.84 Å². The zero-order chi connectivity index (χ0) is 13.5. The van der Waals surface area contributed by atoms with Gasteiger partial charge >= 0.3 is 5.97 Å². The number of carbonyl (C=O) groups is 1. The highest BCUT2D eigenvalue weighted by Crippen LogP contribution is 2.22. The second kappa shape index (κ2) is 6.71. The SMILES string of the molecule is O=C(O)CC(OCc1ccccc1)c1ccccc1. The van der Waals surface area contributed by atoms with Gasteiger partial charge in [0.2, 0.25) is 0 Å². The summed E-state index contributed by atoms with van der Waals surface area (Å²) in [5.41, 5.74) is 1.93. The number of aliphatic carboxylic acids is 1. The number of ether oxygens (including phenoxy) is 1. The number of hydrogen-bond acceptors (Lipinski definition) is 2. The molecule has 0 amide bonds. The Morgan fingerprint density at radius 2 is 1.58 bits per heavy atom. The zero-order valence-corrected chi connectivity index (χ0v) is 10.5. The van der Waals surface area contributed by atoms with Gasteiger partial charge in [-0.1, -0.05) is 60.7 Å². The Hall–Kier alpha value is -2.13. The molecule has 0 radical (unpaired) electrons. The molecule has 0 aliphatic heterocycles. The third kappa shape index (κ3) is 4.23. The van der Waals surface area contributed by atoms with Crippen LogP contribution in [0.15, 0.2) is 60.7 Å². The molecule has 3 nitrogen and oxygen atoms in total. The maximum Gasteiger partial charge on any atom is 0.306 e. The Morgan fingerprint density at radius 3 is 2.16 bits per heavy atom. The highest BCUT2D eigenvalue weighted by Gasteiger charge is 2.15. The van der Waals surface area contributed by atoms with Crippen molar-refractivity contribution in [2.24, 2.45) is 0 Å². The smallest absolute Gasteiger partial charge is 0.306 e.